The van der Waals surface area contributed by atoms with Crippen molar-refractivity contribution in [1.29, 1.82) is 0 Å². The van der Waals surface area contributed by atoms with E-state index in [0.717, 1.165) is 51.2 Å². The largest absolute Gasteiger partial charge is 0.488 e. The smallest absolute Gasteiger partial charge is 0.124 e. The van der Waals surface area contributed by atoms with Gasteiger partial charge in [-0.3, -0.25) is 4.90 Å². The lowest BCUT2D eigenvalue weighted by atomic mass is 9.79. The first kappa shape index (κ1) is 14.8. The molecule has 1 aliphatic heterocycles. The van der Waals surface area contributed by atoms with Crippen LogP contribution in [0.1, 0.15) is 32.6 Å². The molecule has 0 amide bonds. The second-order valence-electron chi connectivity index (χ2n) is 6.79. The van der Waals surface area contributed by atoms with E-state index in [9.17, 15) is 9.50 Å². The highest BCUT2D eigenvalue weighted by Gasteiger charge is 2.38. The average molecular weight is 293 g/mol. The van der Waals surface area contributed by atoms with Gasteiger partial charge < -0.3 is 9.84 Å². The zero-order valence-corrected chi connectivity index (χ0v) is 12.6. The van der Waals surface area contributed by atoms with Crippen LogP contribution in [0, 0.1) is 11.7 Å². The number of ether oxygens (including phenoxy) is 1. The van der Waals surface area contributed by atoms with E-state index in [4.69, 9.17) is 4.74 Å². The van der Waals surface area contributed by atoms with Crippen molar-refractivity contribution < 1.29 is 14.2 Å². The van der Waals surface area contributed by atoms with E-state index in [1.165, 1.54) is 12.1 Å². The van der Waals surface area contributed by atoms with E-state index in [2.05, 4.69) is 11.8 Å². The minimum Gasteiger partial charge on any atom is -0.488 e. The van der Waals surface area contributed by atoms with Crippen molar-refractivity contribution in [3.05, 3.63) is 30.1 Å². The molecule has 1 saturated carbocycles. The van der Waals surface area contributed by atoms with Crippen LogP contribution in [0.15, 0.2) is 24.3 Å². The fourth-order valence-electron chi connectivity index (χ4n) is 3.31. The Morgan fingerprint density at radius 1 is 1.24 bits per heavy atom. The first-order valence-corrected chi connectivity index (χ1v) is 7.89. The summed E-state index contributed by atoms with van der Waals surface area (Å²) in [7, 11) is 0. The van der Waals surface area contributed by atoms with Crippen molar-refractivity contribution in [3.8, 4) is 5.75 Å². The van der Waals surface area contributed by atoms with Gasteiger partial charge in [0.1, 0.15) is 17.7 Å². The van der Waals surface area contributed by atoms with E-state index in [1.54, 1.807) is 12.1 Å². The van der Waals surface area contributed by atoms with E-state index in [1.807, 2.05) is 0 Å². The van der Waals surface area contributed by atoms with Crippen LogP contribution < -0.4 is 4.74 Å². The quantitative estimate of drug-likeness (QED) is 0.926. The summed E-state index contributed by atoms with van der Waals surface area (Å²) in [6.07, 6.45) is 4.23. The van der Waals surface area contributed by atoms with Gasteiger partial charge in [0.05, 0.1) is 5.60 Å². The van der Waals surface area contributed by atoms with E-state index >= 15 is 0 Å². The Morgan fingerprint density at radius 3 is 2.48 bits per heavy atom. The maximum absolute atomic E-state index is 12.8. The molecule has 116 valence electrons. The molecule has 0 aromatic heterocycles. The molecule has 1 heterocycles. The summed E-state index contributed by atoms with van der Waals surface area (Å²) in [4.78, 5) is 2.25. The summed E-state index contributed by atoms with van der Waals surface area (Å²) in [5, 5.41) is 10.6. The predicted octanol–water partition coefficient (Wildman–Crippen LogP) is 2.83. The van der Waals surface area contributed by atoms with Crippen molar-refractivity contribution in [1.82, 2.24) is 4.90 Å². The van der Waals surface area contributed by atoms with Crippen molar-refractivity contribution >= 4 is 0 Å². The molecular weight excluding hydrogens is 269 g/mol. The number of rotatable bonds is 4. The number of hydrogen-bond donors (Lipinski definition) is 1. The minimum absolute atomic E-state index is 0.154. The van der Waals surface area contributed by atoms with Crippen LogP contribution in [-0.4, -0.2) is 41.3 Å². The van der Waals surface area contributed by atoms with Gasteiger partial charge in [-0.05, 0) is 55.9 Å². The molecule has 0 atom stereocenters. The number of likely N-dealkylation sites (tertiary alicyclic amines) is 1. The first-order chi connectivity index (χ1) is 10.0. The second-order valence-corrected chi connectivity index (χ2v) is 6.79. The monoisotopic (exact) mass is 293 g/mol. The Balaban J connectivity index is 1.42. The predicted molar refractivity (Wildman–Crippen MR) is 79.8 cm³/mol. The zero-order valence-electron chi connectivity index (χ0n) is 12.6. The number of halogens is 1. The van der Waals surface area contributed by atoms with Gasteiger partial charge in [-0.15, -0.1) is 0 Å². The number of nitrogens with zero attached hydrogens (tertiary/aromatic N) is 1. The topological polar surface area (TPSA) is 32.7 Å². The molecule has 21 heavy (non-hydrogen) atoms. The number of aliphatic hydroxyl groups is 1. The van der Waals surface area contributed by atoms with Gasteiger partial charge in [0.15, 0.2) is 0 Å². The Morgan fingerprint density at radius 2 is 1.86 bits per heavy atom. The summed E-state index contributed by atoms with van der Waals surface area (Å²) < 4.78 is 18.6. The molecule has 1 aliphatic carbocycles. The van der Waals surface area contributed by atoms with Crippen molar-refractivity contribution in [2.45, 2.75) is 44.3 Å². The fourth-order valence-corrected chi connectivity index (χ4v) is 3.31. The lowest BCUT2D eigenvalue weighted by molar-refractivity contribution is -0.0738. The van der Waals surface area contributed by atoms with Crippen LogP contribution in [-0.2, 0) is 0 Å². The molecule has 0 unspecified atom stereocenters. The molecule has 1 aromatic carbocycles. The van der Waals surface area contributed by atoms with Crippen LogP contribution in [0.3, 0.4) is 0 Å². The molecule has 0 bridgehead atoms. The van der Waals surface area contributed by atoms with Crippen LogP contribution in [0.2, 0.25) is 0 Å². The summed E-state index contributed by atoms with van der Waals surface area (Å²) in [6, 6.07) is 6.15. The highest BCUT2D eigenvalue weighted by Crippen LogP contribution is 2.33. The molecule has 1 saturated heterocycles. The van der Waals surface area contributed by atoms with Gasteiger partial charge in [-0.2, -0.15) is 0 Å². The van der Waals surface area contributed by atoms with E-state index in [0.29, 0.717) is 5.75 Å². The summed E-state index contributed by atoms with van der Waals surface area (Å²) in [6.45, 7) is 4.70. The first-order valence-electron chi connectivity index (χ1n) is 7.89. The summed E-state index contributed by atoms with van der Waals surface area (Å²) in [5.74, 6) is 1.22. The van der Waals surface area contributed by atoms with Crippen LogP contribution in [0.5, 0.6) is 5.75 Å². The molecule has 1 N–H and O–H groups in total. The summed E-state index contributed by atoms with van der Waals surface area (Å²) >= 11 is 0. The lowest BCUT2D eigenvalue weighted by Crippen LogP contribution is -2.58. The molecule has 3 rings (SSSR count). The standard InChI is InChI=1S/C17H24FNO2/c1-13-6-8-17(20,9-7-13)12-19-10-16(11-19)21-15-4-2-14(18)3-5-15/h2-5,13,16,20H,6-12H2,1H3. The number of benzene rings is 1. The Kier molecular flexibility index (Phi) is 4.18. The highest BCUT2D eigenvalue weighted by molar-refractivity contribution is 5.22. The molecule has 2 fully saturated rings. The fraction of sp³-hybridized carbons (Fsp3) is 0.647. The molecular formula is C17H24FNO2. The van der Waals surface area contributed by atoms with Crippen molar-refractivity contribution in [2.24, 2.45) is 5.92 Å². The lowest BCUT2D eigenvalue weighted by Gasteiger charge is -2.45. The van der Waals surface area contributed by atoms with Gasteiger partial charge in [0, 0.05) is 19.6 Å². The molecule has 4 heteroatoms. The Labute approximate surface area is 125 Å². The van der Waals surface area contributed by atoms with E-state index in [-0.39, 0.29) is 11.9 Å². The van der Waals surface area contributed by atoms with Crippen LogP contribution in [0.4, 0.5) is 4.39 Å². The van der Waals surface area contributed by atoms with Crippen LogP contribution in [0.25, 0.3) is 0 Å². The zero-order chi connectivity index (χ0) is 14.9. The van der Waals surface area contributed by atoms with Gasteiger partial charge in [0.2, 0.25) is 0 Å². The summed E-state index contributed by atoms with van der Waals surface area (Å²) in [5.41, 5.74) is -0.507. The third-order valence-electron chi connectivity index (χ3n) is 4.76. The maximum Gasteiger partial charge on any atom is 0.124 e. The Bertz CT molecular complexity index is 462. The van der Waals surface area contributed by atoms with Crippen molar-refractivity contribution in [2.75, 3.05) is 19.6 Å². The molecule has 2 aliphatic rings. The third kappa shape index (κ3) is 3.74. The van der Waals surface area contributed by atoms with Crippen molar-refractivity contribution in [3.63, 3.8) is 0 Å². The highest BCUT2D eigenvalue weighted by atomic mass is 19.1. The molecule has 0 radical (unpaired) electrons. The maximum atomic E-state index is 12.8. The van der Waals surface area contributed by atoms with E-state index < -0.39 is 5.60 Å². The van der Waals surface area contributed by atoms with Gasteiger partial charge >= 0.3 is 0 Å². The minimum atomic E-state index is -0.507. The Hall–Kier alpha value is -1.13. The average Bonchev–Trinajstić information content (AvgIpc) is 2.42. The van der Waals surface area contributed by atoms with Gasteiger partial charge in [-0.1, -0.05) is 6.92 Å². The second kappa shape index (κ2) is 5.93. The SMILES string of the molecule is CC1CCC(O)(CN2CC(Oc3ccc(F)cc3)C2)CC1. The van der Waals surface area contributed by atoms with Gasteiger partial charge in [0.25, 0.3) is 0 Å². The molecule has 1 aromatic rings. The number of β-amino-alcohol motifs (C(OH)–C–C–N with tert-alkyl or cyclic N) is 1. The molecule has 0 spiro atoms. The number of hydrogen-bond acceptors (Lipinski definition) is 3. The van der Waals surface area contributed by atoms with Gasteiger partial charge in [-0.25, -0.2) is 4.39 Å². The third-order valence-corrected chi connectivity index (χ3v) is 4.76. The van der Waals surface area contributed by atoms with Crippen LogP contribution >= 0.6 is 0 Å². The normalized spacial score (nSPS) is 30.9. The molecule has 3 nitrogen and oxygen atoms in total.